The Morgan fingerprint density at radius 1 is 1.15 bits per heavy atom. The fraction of sp³-hybridized carbons (Fsp3) is 0.421. The molecule has 0 atom stereocenters. The standard InChI is InChI=1S/C19H24FN5O/c1-23(15-16-4-2-5-17(20)14-16)9-6-18(26)24-10-12-25(13-11-24)19-21-7-3-8-22-19/h2-5,7-8,14H,6,9-13,15H2,1H3. The van der Waals surface area contributed by atoms with Gasteiger partial charge < -0.3 is 14.7 Å². The molecule has 0 saturated carbocycles. The maximum atomic E-state index is 13.2. The first-order chi connectivity index (χ1) is 12.6. The summed E-state index contributed by atoms with van der Waals surface area (Å²) in [6.07, 6.45) is 3.93. The lowest BCUT2D eigenvalue weighted by molar-refractivity contribution is -0.131. The van der Waals surface area contributed by atoms with E-state index in [-0.39, 0.29) is 11.7 Å². The minimum atomic E-state index is -0.229. The van der Waals surface area contributed by atoms with Crippen LogP contribution in [0, 0.1) is 5.82 Å². The minimum Gasteiger partial charge on any atom is -0.339 e. The number of benzene rings is 1. The molecule has 0 unspecified atom stereocenters. The van der Waals surface area contributed by atoms with Crippen LogP contribution in [0.1, 0.15) is 12.0 Å². The summed E-state index contributed by atoms with van der Waals surface area (Å²) in [5.41, 5.74) is 0.913. The summed E-state index contributed by atoms with van der Waals surface area (Å²) < 4.78 is 13.2. The van der Waals surface area contributed by atoms with Crippen LogP contribution in [0.4, 0.5) is 10.3 Å². The second-order valence-electron chi connectivity index (χ2n) is 6.53. The van der Waals surface area contributed by atoms with E-state index < -0.39 is 0 Å². The molecule has 6 nitrogen and oxygen atoms in total. The van der Waals surface area contributed by atoms with Crippen LogP contribution in [0.5, 0.6) is 0 Å². The number of carbonyl (C=O) groups is 1. The lowest BCUT2D eigenvalue weighted by Gasteiger charge is -2.35. The van der Waals surface area contributed by atoms with Crippen molar-refractivity contribution in [2.75, 3.05) is 44.7 Å². The quantitative estimate of drug-likeness (QED) is 0.789. The SMILES string of the molecule is CN(CCC(=O)N1CCN(c2ncccn2)CC1)Cc1cccc(F)c1. The van der Waals surface area contributed by atoms with Gasteiger partial charge in [-0.05, 0) is 30.8 Å². The van der Waals surface area contributed by atoms with Crippen LogP contribution in [-0.4, -0.2) is 65.4 Å². The number of aromatic nitrogens is 2. The Kier molecular flexibility index (Phi) is 6.12. The highest BCUT2D eigenvalue weighted by atomic mass is 19.1. The monoisotopic (exact) mass is 357 g/mol. The van der Waals surface area contributed by atoms with Crippen LogP contribution in [0.3, 0.4) is 0 Å². The average Bonchev–Trinajstić information content (AvgIpc) is 2.67. The van der Waals surface area contributed by atoms with E-state index in [0.29, 0.717) is 32.6 Å². The topological polar surface area (TPSA) is 52.6 Å². The van der Waals surface area contributed by atoms with Crippen molar-refractivity contribution in [3.63, 3.8) is 0 Å². The summed E-state index contributed by atoms with van der Waals surface area (Å²) in [5.74, 6) is 0.645. The van der Waals surface area contributed by atoms with Gasteiger partial charge in [-0.15, -0.1) is 0 Å². The third kappa shape index (κ3) is 4.98. The lowest BCUT2D eigenvalue weighted by Crippen LogP contribution is -2.49. The van der Waals surface area contributed by atoms with E-state index in [1.54, 1.807) is 24.5 Å². The summed E-state index contributed by atoms with van der Waals surface area (Å²) in [4.78, 5) is 27.0. The summed E-state index contributed by atoms with van der Waals surface area (Å²) in [6.45, 7) is 4.14. The first-order valence-electron chi connectivity index (χ1n) is 8.84. The number of piperazine rings is 1. The molecule has 1 amide bonds. The molecule has 0 spiro atoms. The van der Waals surface area contributed by atoms with Gasteiger partial charge in [-0.2, -0.15) is 0 Å². The van der Waals surface area contributed by atoms with Crippen molar-refractivity contribution in [2.45, 2.75) is 13.0 Å². The van der Waals surface area contributed by atoms with Crippen LogP contribution in [0.15, 0.2) is 42.7 Å². The van der Waals surface area contributed by atoms with Gasteiger partial charge in [0.25, 0.3) is 0 Å². The highest BCUT2D eigenvalue weighted by Crippen LogP contribution is 2.11. The Morgan fingerprint density at radius 2 is 1.88 bits per heavy atom. The Labute approximate surface area is 153 Å². The maximum Gasteiger partial charge on any atom is 0.225 e. The molecular formula is C19H24FN5O. The van der Waals surface area contributed by atoms with Gasteiger partial charge in [0.2, 0.25) is 11.9 Å². The lowest BCUT2D eigenvalue weighted by atomic mass is 10.2. The molecule has 3 rings (SSSR count). The molecule has 1 aliphatic heterocycles. The Morgan fingerprint density at radius 3 is 2.58 bits per heavy atom. The molecule has 0 aliphatic carbocycles. The van der Waals surface area contributed by atoms with E-state index in [2.05, 4.69) is 14.9 Å². The number of anilines is 1. The zero-order valence-electron chi connectivity index (χ0n) is 15.0. The smallest absolute Gasteiger partial charge is 0.225 e. The van der Waals surface area contributed by atoms with Gasteiger partial charge in [-0.1, -0.05) is 12.1 Å². The molecule has 0 bridgehead atoms. The van der Waals surface area contributed by atoms with Gasteiger partial charge in [0.15, 0.2) is 0 Å². The summed E-state index contributed by atoms with van der Waals surface area (Å²) >= 11 is 0. The maximum absolute atomic E-state index is 13.2. The molecule has 2 heterocycles. The largest absolute Gasteiger partial charge is 0.339 e. The summed E-state index contributed by atoms with van der Waals surface area (Å²) in [6, 6.07) is 8.37. The summed E-state index contributed by atoms with van der Waals surface area (Å²) in [7, 11) is 1.95. The van der Waals surface area contributed by atoms with Gasteiger partial charge in [-0.3, -0.25) is 4.79 Å². The van der Waals surface area contributed by atoms with E-state index in [4.69, 9.17) is 0 Å². The molecule has 1 aliphatic rings. The molecule has 1 aromatic heterocycles. The Bertz CT molecular complexity index is 719. The van der Waals surface area contributed by atoms with E-state index in [0.717, 1.165) is 24.6 Å². The normalized spacial score (nSPS) is 14.7. The second kappa shape index (κ2) is 8.71. The van der Waals surface area contributed by atoms with Crippen LogP contribution >= 0.6 is 0 Å². The van der Waals surface area contributed by atoms with E-state index in [1.807, 2.05) is 22.9 Å². The fourth-order valence-corrected chi connectivity index (χ4v) is 3.08. The van der Waals surface area contributed by atoms with Crippen LogP contribution in [0.25, 0.3) is 0 Å². The van der Waals surface area contributed by atoms with Crippen molar-refractivity contribution in [2.24, 2.45) is 0 Å². The van der Waals surface area contributed by atoms with Crippen molar-refractivity contribution in [1.29, 1.82) is 0 Å². The number of nitrogens with zero attached hydrogens (tertiary/aromatic N) is 5. The Hall–Kier alpha value is -2.54. The third-order valence-corrected chi connectivity index (χ3v) is 4.52. The van der Waals surface area contributed by atoms with Crippen LogP contribution in [0.2, 0.25) is 0 Å². The molecule has 1 aromatic carbocycles. The van der Waals surface area contributed by atoms with E-state index in [9.17, 15) is 9.18 Å². The Balaban J connectivity index is 1.41. The van der Waals surface area contributed by atoms with E-state index in [1.165, 1.54) is 12.1 Å². The van der Waals surface area contributed by atoms with Crippen LogP contribution in [-0.2, 0) is 11.3 Å². The highest BCUT2D eigenvalue weighted by molar-refractivity contribution is 5.76. The molecule has 7 heteroatoms. The molecule has 1 saturated heterocycles. The number of halogens is 1. The molecule has 138 valence electrons. The highest BCUT2D eigenvalue weighted by Gasteiger charge is 2.22. The average molecular weight is 357 g/mol. The third-order valence-electron chi connectivity index (χ3n) is 4.52. The van der Waals surface area contributed by atoms with Crippen molar-refractivity contribution in [3.8, 4) is 0 Å². The number of hydrogen-bond acceptors (Lipinski definition) is 5. The van der Waals surface area contributed by atoms with Crippen molar-refractivity contribution in [3.05, 3.63) is 54.1 Å². The predicted octanol–water partition coefficient (Wildman–Crippen LogP) is 1.79. The first-order valence-corrected chi connectivity index (χ1v) is 8.84. The minimum absolute atomic E-state index is 0.157. The van der Waals surface area contributed by atoms with E-state index >= 15 is 0 Å². The van der Waals surface area contributed by atoms with Gasteiger partial charge in [0.1, 0.15) is 5.82 Å². The summed E-state index contributed by atoms with van der Waals surface area (Å²) in [5, 5.41) is 0. The molecule has 1 fully saturated rings. The molecule has 0 radical (unpaired) electrons. The predicted molar refractivity (Wildman–Crippen MR) is 98.2 cm³/mol. The number of amides is 1. The number of hydrogen-bond donors (Lipinski definition) is 0. The zero-order valence-corrected chi connectivity index (χ0v) is 15.0. The molecule has 26 heavy (non-hydrogen) atoms. The van der Waals surface area contributed by atoms with Gasteiger partial charge in [-0.25, -0.2) is 14.4 Å². The molecular weight excluding hydrogens is 333 g/mol. The van der Waals surface area contributed by atoms with Gasteiger partial charge >= 0.3 is 0 Å². The van der Waals surface area contributed by atoms with Crippen molar-refractivity contribution < 1.29 is 9.18 Å². The van der Waals surface area contributed by atoms with Crippen LogP contribution < -0.4 is 4.90 Å². The second-order valence-corrected chi connectivity index (χ2v) is 6.53. The number of rotatable bonds is 6. The van der Waals surface area contributed by atoms with Crippen molar-refractivity contribution in [1.82, 2.24) is 19.8 Å². The van der Waals surface area contributed by atoms with Gasteiger partial charge in [0, 0.05) is 58.1 Å². The molecule has 2 aromatic rings. The van der Waals surface area contributed by atoms with Crippen molar-refractivity contribution >= 4 is 11.9 Å². The number of carbonyl (C=O) groups excluding carboxylic acids is 1. The fourth-order valence-electron chi connectivity index (χ4n) is 3.08. The first kappa shape index (κ1) is 18.3. The van der Waals surface area contributed by atoms with Gasteiger partial charge in [0.05, 0.1) is 0 Å². The molecule has 0 N–H and O–H groups in total. The zero-order chi connectivity index (χ0) is 18.4.